The van der Waals surface area contributed by atoms with Crippen LogP contribution in [0.3, 0.4) is 0 Å². The van der Waals surface area contributed by atoms with Crippen molar-refractivity contribution in [3.05, 3.63) is 0 Å². The first-order chi connectivity index (χ1) is 8.81. The summed E-state index contributed by atoms with van der Waals surface area (Å²) in [5, 5.41) is 2.86. The molecule has 112 valence electrons. The molecule has 1 atom stereocenters. The molecule has 0 aromatic heterocycles. The van der Waals surface area contributed by atoms with Crippen LogP contribution in [0.25, 0.3) is 0 Å². The number of rotatable bonds is 4. The van der Waals surface area contributed by atoms with Gasteiger partial charge in [-0.15, -0.1) is 0 Å². The highest BCUT2D eigenvalue weighted by Crippen LogP contribution is 2.32. The molecule has 1 unspecified atom stereocenters. The van der Waals surface area contributed by atoms with Crippen LogP contribution in [0.15, 0.2) is 0 Å². The van der Waals surface area contributed by atoms with E-state index in [-0.39, 0.29) is 6.09 Å². The van der Waals surface area contributed by atoms with Crippen LogP contribution in [-0.4, -0.2) is 24.8 Å². The molecule has 1 amide bonds. The molecule has 1 aliphatic rings. The van der Waals surface area contributed by atoms with Crippen molar-refractivity contribution in [1.29, 1.82) is 0 Å². The largest absolute Gasteiger partial charge is 0.444 e. The molecule has 0 heterocycles. The Bertz CT molecular complexity index is 278. The Labute approximate surface area is 117 Å². The summed E-state index contributed by atoms with van der Waals surface area (Å²) < 4.78 is 5.25. The Morgan fingerprint density at radius 2 is 1.89 bits per heavy atom. The number of amides is 1. The number of nitrogens with one attached hydrogen (secondary N) is 1. The molecule has 19 heavy (non-hydrogen) atoms. The van der Waals surface area contributed by atoms with Crippen LogP contribution in [-0.2, 0) is 4.74 Å². The van der Waals surface area contributed by atoms with E-state index in [1.807, 2.05) is 20.8 Å². The molecular formula is C15H30N2O2. The van der Waals surface area contributed by atoms with Gasteiger partial charge in [-0.3, -0.25) is 0 Å². The normalized spacial score (nSPS) is 25.7. The Kier molecular flexibility index (Phi) is 6.11. The topological polar surface area (TPSA) is 64.3 Å². The summed E-state index contributed by atoms with van der Waals surface area (Å²) in [6.45, 7) is 9.19. The number of ether oxygens (including phenoxy) is 1. The fourth-order valence-corrected chi connectivity index (χ4v) is 2.73. The van der Waals surface area contributed by atoms with Crippen molar-refractivity contribution in [1.82, 2.24) is 5.32 Å². The Hall–Kier alpha value is -0.770. The smallest absolute Gasteiger partial charge is 0.407 e. The summed E-state index contributed by atoms with van der Waals surface area (Å²) in [6, 6.07) is 0. The van der Waals surface area contributed by atoms with Gasteiger partial charge in [-0.25, -0.2) is 4.79 Å². The lowest BCUT2D eigenvalue weighted by Gasteiger charge is -2.32. The van der Waals surface area contributed by atoms with Crippen LogP contribution in [0.4, 0.5) is 4.79 Å². The number of hydrogen-bond donors (Lipinski definition) is 2. The molecule has 1 rings (SSSR count). The second-order valence-electron chi connectivity index (χ2n) is 6.90. The van der Waals surface area contributed by atoms with Gasteiger partial charge in [-0.05, 0) is 57.9 Å². The van der Waals surface area contributed by atoms with Gasteiger partial charge in [0.15, 0.2) is 0 Å². The SMILES string of the molecule is CC1CCC(C(CN)CNC(=O)OC(C)(C)C)CC1. The van der Waals surface area contributed by atoms with Crippen molar-refractivity contribution in [2.75, 3.05) is 13.1 Å². The van der Waals surface area contributed by atoms with E-state index in [1.165, 1.54) is 25.7 Å². The van der Waals surface area contributed by atoms with Crippen LogP contribution in [0.1, 0.15) is 53.4 Å². The predicted octanol–water partition coefficient (Wildman–Crippen LogP) is 2.91. The predicted molar refractivity (Wildman–Crippen MR) is 77.9 cm³/mol. The molecule has 1 aliphatic carbocycles. The monoisotopic (exact) mass is 270 g/mol. The zero-order valence-electron chi connectivity index (χ0n) is 12.9. The van der Waals surface area contributed by atoms with Gasteiger partial charge in [0, 0.05) is 6.54 Å². The van der Waals surface area contributed by atoms with E-state index >= 15 is 0 Å². The highest BCUT2D eigenvalue weighted by molar-refractivity contribution is 5.67. The van der Waals surface area contributed by atoms with Gasteiger partial charge in [0.25, 0.3) is 0 Å². The van der Waals surface area contributed by atoms with Crippen molar-refractivity contribution < 1.29 is 9.53 Å². The van der Waals surface area contributed by atoms with Crippen molar-refractivity contribution in [2.24, 2.45) is 23.5 Å². The Balaban J connectivity index is 2.34. The molecule has 0 bridgehead atoms. The van der Waals surface area contributed by atoms with Crippen molar-refractivity contribution >= 4 is 6.09 Å². The molecule has 0 spiro atoms. The Morgan fingerprint density at radius 1 is 1.32 bits per heavy atom. The van der Waals surface area contributed by atoms with Crippen LogP contribution in [0.5, 0.6) is 0 Å². The quantitative estimate of drug-likeness (QED) is 0.825. The maximum absolute atomic E-state index is 11.6. The summed E-state index contributed by atoms with van der Waals surface area (Å²) in [5.74, 6) is 1.87. The van der Waals surface area contributed by atoms with E-state index in [4.69, 9.17) is 10.5 Å². The molecule has 4 nitrogen and oxygen atoms in total. The molecule has 1 saturated carbocycles. The molecule has 0 radical (unpaired) electrons. The van der Waals surface area contributed by atoms with Crippen LogP contribution in [0.2, 0.25) is 0 Å². The maximum atomic E-state index is 11.6. The van der Waals surface area contributed by atoms with E-state index in [9.17, 15) is 4.79 Å². The van der Waals surface area contributed by atoms with E-state index in [2.05, 4.69) is 12.2 Å². The van der Waals surface area contributed by atoms with Crippen LogP contribution >= 0.6 is 0 Å². The lowest BCUT2D eigenvalue weighted by atomic mass is 9.76. The first-order valence-corrected chi connectivity index (χ1v) is 7.48. The van der Waals surface area contributed by atoms with Crippen LogP contribution in [0, 0.1) is 17.8 Å². The molecule has 4 heteroatoms. The number of hydrogen-bond acceptors (Lipinski definition) is 3. The van der Waals surface area contributed by atoms with E-state index in [1.54, 1.807) is 0 Å². The molecule has 3 N–H and O–H groups in total. The summed E-state index contributed by atoms with van der Waals surface area (Å²) in [5.41, 5.74) is 5.42. The van der Waals surface area contributed by atoms with Crippen molar-refractivity contribution in [2.45, 2.75) is 59.0 Å². The molecule has 0 saturated heterocycles. The van der Waals surface area contributed by atoms with Crippen molar-refractivity contribution in [3.63, 3.8) is 0 Å². The highest BCUT2D eigenvalue weighted by Gasteiger charge is 2.26. The van der Waals surface area contributed by atoms with E-state index in [0.717, 1.165) is 5.92 Å². The minimum atomic E-state index is -0.442. The van der Waals surface area contributed by atoms with Gasteiger partial charge in [0.05, 0.1) is 0 Å². The standard InChI is InChI=1S/C15H30N2O2/c1-11-5-7-12(8-6-11)13(9-16)10-17-14(18)19-15(2,3)4/h11-13H,5-10,16H2,1-4H3,(H,17,18). The summed E-state index contributed by atoms with van der Waals surface area (Å²) in [7, 11) is 0. The molecule has 0 aromatic rings. The second-order valence-corrected chi connectivity index (χ2v) is 6.90. The first-order valence-electron chi connectivity index (χ1n) is 7.48. The Morgan fingerprint density at radius 3 is 2.37 bits per heavy atom. The van der Waals surface area contributed by atoms with E-state index in [0.29, 0.717) is 24.9 Å². The summed E-state index contributed by atoms with van der Waals surface area (Å²) in [4.78, 5) is 11.6. The molecule has 0 aromatic carbocycles. The van der Waals surface area contributed by atoms with Gasteiger partial charge in [0.1, 0.15) is 5.60 Å². The molecule has 1 fully saturated rings. The molecular weight excluding hydrogens is 240 g/mol. The maximum Gasteiger partial charge on any atom is 0.407 e. The average molecular weight is 270 g/mol. The number of alkyl carbamates (subject to hydrolysis) is 1. The van der Waals surface area contributed by atoms with Gasteiger partial charge in [-0.2, -0.15) is 0 Å². The summed E-state index contributed by atoms with van der Waals surface area (Å²) >= 11 is 0. The molecule has 0 aliphatic heterocycles. The van der Waals surface area contributed by atoms with Crippen molar-refractivity contribution in [3.8, 4) is 0 Å². The van der Waals surface area contributed by atoms with Gasteiger partial charge < -0.3 is 15.8 Å². The third kappa shape index (κ3) is 6.28. The lowest BCUT2D eigenvalue weighted by molar-refractivity contribution is 0.0509. The zero-order chi connectivity index (χ0) is 14.5. The van der Waals surface area contributed by atoms with Crippen LogP contribution < -0.4 is 11.1 Å². The van der Waals surface area contributed by atoms with Gasteiger partial charge in [-0.1, -0.05) is 19.8 Å². The fourth-order valence-electron chi connectivity index (χ4n) is 2.73. The minimum absolute atomic E-state index is 0.338. The highest BCUT2D eigenvalue weighted by atomic mass is 16.6. The fraction of sp³-hybridized carbons (Fsp3) is 0.933. The third-order valence-corrected chi connectivity index (χ3v) is 3.94. The number of carbonyl (C=O) groups is 1. The van der Waals surface area contributed by atoms with E-state index < -0.39 is 5.60 Å². The van der Waals surface area contributed by atoms with Gasteiger partial charge in [0.2, 0.25) is 0 Å². The average Bonchev–Trinajstić information content (AvgIpc) is 2.29. The van der Waals surface area contributed by atoms with Gasteiger partial charge >= 0.3 is 6.09 Å². The first kappa shape index (κ1) is 16.3. The summed E-state index contributed by atoms with van der Waals surface area (Å²) in [6.07, 6.45) is 4.70. The lowest BCUT2D eigenvalue weighted by Crippen LogP contribution is -2.40. The minimum Gasteiger partial charge on any atom is -0.444 e. The zero-order valence-corrected chi connectivity index (χ0v) is 12.9. The number of nitrogens with two attached hydrogens (primary N) is 1. The third-order valence-electron chi connectivity index (χ3n) is 3.94. The number of carbonyl (C=O) groups excluding carboxylic acids is 1. The second kappa shape index (κ2) is 7.13.